The molecule has 0 aromatic carbocycles. The fourth-order valence-corrected chi connectivity index (χ4v) is 9.79. The molecule has 2 heterocycles. The van der Waals surface area contributed by atoms with Gasteiger partial charge in [-0.05, 0) is 130 Å². The van der Waals surface area contributed by atoms with Gasteiger partial charge in [-0.1, -0.05) is 58.1 Å². The highest BCUT2D eigenvalue weighted by Crippen LogP contribution is 2.53. The van der Waals surface area contributed by atoms with Crippen LogP contribution in [-0.2, 0) is 17.6 Å². The summed E-state index contributed by atoms with van der Waals surface area (Å²) >= 11 is 0. The molecule has 0 amide bonds. The lowest BCUT2D eigenvalue weighted by Gasteiger charge is -2.39. The van der Waals surface area contributed by atoms with Gasteiger partial charge in [-0.2, -0.15) is 0 Å². The van der Waals surface area contributed by atoms with Gasteiger partial charge in [0, 0.05) is 29.9 Å². The minimum Gasteiger partial charge on any atom is -0.481 e. The third kappa shape index (κ3) is 9.77. The van der Waals surface area contributed by atoms with E-state index in [0.29, 0.717) is 31.0 Å². The second-order valence-corrected chi connectivity index (χ2v) is 15.9. The molecule has 0 aliphatic heterocycles. The lowest BCUT2D eigenvalue weighted by molar-refractivity contribution is -0.150. The van der Waals surface area contributed by atoms with E-state index in [2.05, 4.69) is 48.2 Å². The van der Waals surface area contributed by atoms with Gasteiger partial charge >= 0.3 is 5.97 Å². The number of aliphatic hydroxyl groups excluding tert-OH is 2. The number of nitrogens with two attached hydrogens (primary N) is 1. The van der Waals surface area contributed by atoms with Crippen LogP contribution in [0.2, 0.25) is 0 Å². The lowest BCUT2D eigenvalue weighted by atomic mass is 9.69. The number of unbranched alkanes of at least 4 members (excludes halogenated alkanes) is 3. The van der Waals surface area contributed by atoms with Crippen LogP contribution in [0.3, 0.4) is 0 Å². The fraction of sp³-hybridized carbons (Fsp3) is 0.707. The molecule has 2 aromatic rings. The number of H-pyrrole nitrogens is 1. The highest BCUT2D eigenvalue weighted by Gasteiger charge is 2.51. The average molecular weight is 678 g/mol. The van der Waals surface area contributed by atoms with Crippen molar-refractivity contribution in [2.75, 3.05) is 5.73 Å². The van der Waals surface area contributed by atoms with Crippen molar-refractivity contribution >= 4 is 11.8 Å². The van der Waals surface area contributed by atoms with Gasteiger partial charge in [0.2, 0.25) is 0 Å². The molecule has 3 aliphatic carbocycles. The number of aromatic amines is 1. The molecule has 8 nitrogen and oxygen atoms in total. The first-order valence-corrected chi connectivity index (χ1v) is 19.5. The third-order valence-electron chi connectivity index (χ3n) is 12.5. The Balaban J connectivity index is 1.29. The Morgan fingerprint density at radius 3 is 2.49 bits per heavy atom. The molecule has 272 valence electrons. The number of carboxylic acid groups (broad SMARTS) is 1. The van der Waals surface area contributed by atoms with Crippen molar-refractivity contribution < 1.29 is 25.2 Å². The Labute approximate surface area is 294 Å². The van der Waals surface area contributed by atoms with E-state index in [1.54, 1.807) is 6.20 Å². The molecule has 8 heteroatoms. The first-order valence-electron chi connectivity index (χ1n) is 19.5. The van der Waals surface area contributed by atoms with E-state index in [-0.39, 0.29) is 42.1 Å². The highest BCUT2D eigenvalue weighted by atomic mass is 16.4. The molecule has 2 aromatic heterocycles. The van der Waals surface area contributed by atoms with Crippen molar-refractivity contribution in [1.82, 2.24) is 9.97 Å². The minimum absolute atomic E-state index is 0.000330. The quantitative estimate of drug-likeness (QED) is 0.0890. The van der Waals surface area contributed by atoms with Crippen molar-refractivity contribution in [2.45, 2.75) is 147 Å². The summed E-state index contributed by atoms with van der Waals surface area (Å²) in [6, 6.07) is 6.15. The molecule has 0 radical (unpaired) electrons. The van der Waals surface area contributed by atoms with Gasteiger partial charge in [0.25, 0.3) is 0 Å². The number of nitrogen functional groups attached to an aromatic ring is 1. The number of aromatic nitrogens is 2. The molecule has 0 saturated heterocycles. The van der Waals surface area contributed by atoms with Gasteiger partial charge < -0.3 is 31.1 Å². The highest BCUT2D eigenvalue weighted by molar-refractivity contribution is 5.71. The van der Waals surface area contributed by atoms with E-state index in [0.717, 1.165) is 75.5 Å². The number of carboxylic acids is 1. The van der Waals surface area contributed by atoms with E-state index in [9.17, 15) is 25.2 Å². The average Bonchev–Trinajstić information content (AvgIpc) is 3.67. The zero-order valence-corrected chi connectivity index (χ0v) is 30.0. The summed E-state index contributed by atoms with van der Waals surface area (Å²) in [5, 5.41) is 45.2. The van der Waals surface area contributed by atoms with Gasteiger partial charge in [0.05, 0.1) is 23.7 Å². The molecule has 0 spiro atoms. The molecule has 7 N–H and O–H groups in total. The van der Waals surface area contributed by atoms with Gasteiger partial charge in [-0.15, -0.1) is 0 Å². The van der Waals surface area contributed by atoms with Crippen LogP contribution in [0.1, 0.15) is 133 Å². The van der Waals surface area contributed by atoms with Crippen molar-refractivity contribution in [3.63, 3.8) is 0 Å². The van der Waals surface area contributed by atoms with Crippen molar-refractivity contribution in [1.29, 1.82) is 0 Å². The van der Waals surface area contributed by atoms with Gasteiger partial charge in [0.15, 0.2) is 0 Å². The minimum atomic E-state index is -1.01. The van der Waals surface area contributed by atoms with Gasteiger partial charge in [0.1, 0.15) is 5.82 Å². The number of rotatable bonds is 14. The maximum absolute atomic E-state index is 12.8. The topological polar surface area (TPSA) is 153 Å². The molecule has 49 heavy (non-hydrogen) atoms. The van der Waals surface area contributed by atoms with Crippen molar-refractivity contribution in [2.24, 2.45) is 35.5 Å². The molecule has 10 unspecified atom stereocenters. The molecule has 5 rings (SSSR count). The molecular weight excluding hydrogens is 614 g/mol. The summed E-state index contributed by atoms with van der Waals surface area (Å²) < 4.78 is 0. The summed E-state index contributed by atoms with van der Waals surface area (Å²) in [5.74, 6) is -0.514. The first-order chi connectivity index (χ1) is 23.6. The largest absolute Gasteiger partial charge is 0.481 e. The van der Waals surface area contributed by atoms with E-state index < -0.39 is 23.6 Å². The maximum Gasteiger partial charge on any atom is 0.309 e. The molecule has 10 atom stereocenters. The monoisotopic (exact) mass is 677 g/mol. The number of nitrogens with one attached hydrogen (secondary N) is 1. The number of nitrogens with zero attached hydrogens (tertiary/aromatic N) is 1. The number of allylic oxidation sites excluding steroid dienone is 1. The number of aliphatic hydroxyl groups is 3. The Hall–Kier alpha value is -2.68. The standard InChI is InChI=1S/C41H63N3O5/c1-3-5-6-9-28-12-13-31(37(46)23-28)10-7-8-11-32-14-15-33(35-22-27(4-2)26-44-35)34-21-30(20-29-17-19-43-38(42)24-29)25-41(34,49)18-16-36(45)39(32)40(47)48/h12-13,17,19,22,24,26,28,30-34,36-37,39,44-46,49H,3-11,14-16,18,20-21,23,25H2,1-2H3,(H2,42,43)(H,47,48). The first kappa shape index (κ1) is 37.6. The second kappa shape index (κ2) is 17.5. The van der Waals surface area contributed by atoms with Crippen LogP contribution in [-0.4, -0.2) is 54.2 Å². The molecule has 2 saturated carbocycles. The number of pyridine rings is 1. The van der Waals surface area contributed by atoms with E-state index >= 15 is 0 Å². The number of aliphatic carboxylic acids is 1. The molecule has 2 fully saturated rings. The number of hydrogen-bond donors (Lipinski definition) is 6. The van der Waals surface area contributed by atoms with Crippen LogP contribution in [0.5, 0.6) is 0 Å². The molecule has 0 bridgehead atoms. The van der Waals surface area contributed by atoms with Crippen LogP contribution in [0.15, 0.2) is 42.7 Å². The van der Waals surface area contributed by atoms with Crippen LogP contribution in [0, 0.1) is 35.5 Å². The molecule has 3 aliphatic rings. The summed E-state index contributed by atoms with van der Waals surface area (Å²) in [4.78, 5) is 20.5. The number of fused-ring (bicyclic) bond motifs is 1. The van der Waals surface area contributed by atoms with Crippen molar-refractivity contribution in [3.05, 3.63) is 59.6 Å². The van der Waals surface area contributed by atoms with Crippen LogP contribution in [0.25, 0.3) is 0 Å². The summed E-state index contributed by atoms with van der Waals surface area (Å²) in [7, 11) is 0. The van der Waals surface area contributed by atoms with Crippen LogP contribution < -0.4 is 5.73 Å². The lowest BCUT2D eigenvalue weighted by Crippen LogP contribution is -2.42. The van der Waals surface area contributed by atoms with Gasteiger partial charge in [-0.25, -0.2) is 4.98 Å². The zero-order chi connectivity index (χ0) is 35.0. The van der Waals surface area contributed by atoms with Gasteiger partial charge in [-0.3, -0.25) is 4.79 Å². The Morgan fingerprint density at radius 1 is 0.980 bits per heavy atom. The predicted molar refractivity (Wildman–Crippen MR) is 195 cm³/mol. The number of anilines is 1. The second-order valence-electron chi connectivity index (χ2n) is 15.9. The SMILES string of the molecule is CCCCCC1C=CC(CCCCC2CCC(c3cc(CC)c[nH]3)C3CC(Cc4ccnc(N)c4)CC3(O)CCC(O)C2C(=O)O)C(O)C1. The molecular formula is C41H63N3O5. The number of hydrogen-bond acceptors (Lipinski definition) is 6. The summed E-state index contributed by atoms with van der Waals surface area (Å²) in [6.45, 7) is 4.36. The Bertz CT molecular complexity index is 1360. The summed E-state index contributed by atoms with van der Waals surface area (Å²) in [6.07, 6.45) is 21.4. The van der Waals surface area contributed by atoms with Crippen molar-refractivity contribution in [3.8, 4) is 0 Å². The predicted octanol–water partition coefficient (Wildman–Crippen LogP) is 7.58. The normalized spacial score (nSPS) is 33.7. The van der Waals surface area contributed by atoms with E-state index in [1.807, 2.05) is 12.1 Å². The fourth-order valence-electron chi connectivity index (χ4n) is 9.79. The maximum atomic E-state index is 12.8. The zero-order valence-electron chi connectivity index (χ0n) is 30.0. The van der Waals surface area contributed by atoms with E-state index in [1.165, 1.54) is 24.8 Å². The van der Waals surface area contributed by atoms with Crippen LogP contribution >= 0.6 is 0 Å². The van der Waals surface area contributed by atoms with E-state index in [4.69, 9.17) is 5.73 Å². The Kier molecular flexibility index (Phi) is 13.4. The Morgan fingerprint density at radius 2 is 1.78 bits per heavy atom. The third-order valence-corrected chi connectivity index (χ3v) is 12.5. The van der Waals surface area contributed by atoms with Crippen LogP contribution in [0.4, 0.5) is 5.82 Å². The summed E-state index contributed by atoms with van der Waals surface area (Å²) in [5.41, 5.74) is 8.47. The smallest absolute Gasteiger partial charge is 0.309 e. The number of carbonyl (C=O) groups is 1. The number of aryl methyl sites for hydroxylation is 1.